The number of halogens is 3. The zero-order valence-electron chi connectivity index (χ0n) is 14.9. The molecule has 6 nitrogen and oxygen atoms in total. The van der Waals surface area contributed by atoms with Gasteiger partial charge in [0, 0.05) is 17.5 Å². The van der Waals surface area contributed by atoms with Gasteiger partial charge in [-0.1, -0.05) is 18.2 Å². The van der Waals surface area contributed by atoms with Crippen LogP contribution in [-0.2, 0) is 6.18 Å². The first kappa shape index (κ1) is 19.3. The Kier molecular flexibility index (Phi) is 5.00. The standard InChI is InChI=1S/C19H15F3N4O2/c1-11-6-5-9-16(23-11)24-18(28)17-15(27)10-12(2)26(25-17)14-8-4-3-7-13(14)19(20,21)22/h3-10H,1-2H3,(H,23,24,28). The van der Waals surface area contributed by atoms with Crippen molar-refractivity contribution in [2.45, 2.75) is 20.0 Å². The van der Waals surface area contributed by atoms with Gasteiger partial charge in [0.15, 0.2) is 5.69 Å². The third kappa shape index (κ3) is 3.93. The number of alkyl halides is 3. The molecule has 0 aliphatic carbocycles. The number of nitrogens with zero attached hydrogens (tertiary/aromatic N) is 3. The van der Waals surface area contributed by atoms with Gasteiger partial charge in [-0.3, -0.25) is 9.59 Å². The van der Waals surface area contributed by atoms with Crippen LogP contribution in [0.4, 0.5) is 19.0 Å². The molecule has 0 bridgehead atoms. The van der Waals surface area contributed by atoms with Crippen molar-refractivity contribution in [2.75, 3.05) is 5.32 Å². The Hall–Kier alpha value is -3.49. The van der Waals surface area contributed by atoms with E-state index in [2.05, 4.69) is 15.4 Å². The molecule has 0 saturated heterocycles. The number of amides is 1. The average Bonchev–Trinajstić information content (AvgIpc) is 2.61. The second kappa shape index (κ2) is 7.26. The van der Waals surface area contributed by atoms with Gasteiger partial charge < -0.3 is 5.32 Å². The Labute approximate surface area is 157 Å². The molecule has 144 valence electrons. The number of aryl methyl sites for hydroxylation is 2. The summed E-state index contributed by atoms with van der Waals surface area (Å²) in [6.07, 6.45) is -4.62. The molecule has 0 spiro atoms. The lowest BCUT2D eigenvalue weighted by atomic mass is 10.1. The summed E-state index contributed by atoms with van der Waals surface area (Å²) in [4.78, 5) is 28.8. The molecule has 0 atom stereocenters. The molecule has 9 heteroatoms. The van der Waals surface area contributed by atoms with Crippen molar-refractivity contribution in [3.05, 3.63) is 81.4 Å². The Morgan fingerprint density at radius 2 is 1.79 bits per heavy atom. The van der Waals surface area contributed by atoms with Gasteiger partial charge in [0.1, 0.15) is 5.82 Å². The Balaban J connectivity index is 2.08. The van der Waals surface area contributed by atoms with E-state index in [4.69, 9.17) is 0 Å². The minimum atomic E-state index is -4.62. The van der Waals surface area contributed by atoms with Gasteiger partial charge in [-0.05, 0) is 38.1 Å². The highest BCUT2D eigenvalue weighted by Crippen LogP contribution is 2.33. The molecule has 28 heavy (non-hydrogen) atoms. The van der Waals surface area contributed by atoms with Gasteiger partial charge in [-0.25, -0.2) is 9.67 Å². The van der Waals surface area contributed by atoms with E-state index < -0.39 is 28.8 Å². The van der Waals surface area contributed by atoms with Crippen LogP contribution in [0.15, 0.2) is 53.3 Å². The van der Waals surface area contributed by atoms with Crippen LogP contribution in [-0.4, -0.2) is 20.7 Å². The number of aromatic nitrogens is 3. The summed E-state index contributed by atoms with van der Waals surface area (Å²) in [6.45, 7) is 3.16. The number of hydrogen-bond acceptors (Lipinski definition) is 4. The molecule has 0 aliphatic rings. The number of para-hydroxylation sites is 1. The van der Waals surface area contributed by atoms with Crippen LogP contribution >= 0.6 is 0 Å². The summed E-state index contributed by atoms with van der Waals surface area (Å²) in [6, 6.07) is 10.8. The van der Waals surface area contributed by atoms with Gasteiger partial charge in [-0.15, -0.1) is 0 Å². The fourth-order valence-electron chi connectivity index (χ4n) is 2.63. The summed E-state index contributed by atoms with van der Waals surface area (Å²) in [5.41, 5.74) is -1.65. The van der Waals surface area contributed by atoms with Crippen molar-refractivity contribution in [3.63, 3.8) is 0 Å². The molecule has 1 N–H and O–H groups in total. The third-order valence-corrected chi connectivity index (χ3v) is 3.89. The van der Waals surface area contributed by atoms with Crippen molar-refractivity contribution in [1.82, 2.24) is 14.8 Å². The van der Waals surface area contributed by atoms with Gasteiger partial charge in [0.25, 0.3) is 5.91 Å². The minimum Gasteiger partial charge on any atom is -0.305 e. The summed E-state index contributed by atoms with van der Waals surface area (Å²) < 4.78 is 41.0. The molecule has 1 aromatic carbocycles. The number of benzene rings is 1. The number of nitrogens with one attached hydrogen (secondary N) is 1. The predicted molar refractivity (Wildman–Crippen MR) is 96.5 cm³/mol. The lowest BCUT2D eigenvalue weighted by molar-refractivity contribution is -0.137. The van der Waals surface area contributed by atoms with Crippen LogP contribution in [0.3, 0.4) is 0 Å². The van der Waals surface area contributed by atoms with Crippen LogP contribution in [0.5, 0.6) is 0 Å². The maximum absolute atomic E-state index is 13.3. The number of rotatable bonds is 3. The zero-order chi connectivity index (χ0) is 20.5. The van der Waals surface area contributed by atoms with E-state index in [-0.39, 0.29) is 17.2 Å². The van der Waals surface area contributed by atoms with Crippen molar-refractivity contribution in [3.8, 4) is 5.69 Å². The van der Waals surface area contributed by atoms with Crippen LogP contribution in [0.2, 0.25) is 0 Å². The second-order valence-electron chi connectivity index (χ2n) is 6.04. The molecule has 0 radical (unpaired) electrons. The van der Waals surface area contributed by atoms with E-state index in [0.717, 1.165) is 16.8 Å². The van der Waals surface area contributed by atoms with Gasteiger partial charge in [0.05, 0.1) is 11.3 Å². The fraction of sp³-hybridized carbons (Fsp3) is 0.158. The highest BCUT2D eigenvalue weighted by atomic mass is 19.4. The molecule has 1 amide bonds. The van der Waals surface area contributed by atoms with Gasteiger partial charge in [-0.2, -0.15) is 18.3 Å². The molecule has 0 aliphatic heterocycles. The van der Waals surface area contributed by atoms with E-state index in [1.807, 2.05) is 0 Å². The molecular weight excluding hydrogens is 373 g/mol. The lowest BCUT2D eigenvalue weighted by Gasteiger charge is -2.16. The summed E-state index contributed by atoms with van der Waals surface area (Å²) in [5, 5.41) is 6.33. The number of anilines is 1. The van der Waals surface area contributed by atoms with Crippen molar-refractivity contribution >= 4 is 11.7 Å². The number of pyridine rings is 1. The lowest BCUT2D eigenvalue weighted by Crippen LogP contribution is -2.28. The molecule has 2 heterocycles. The smallest absolute Gasteiger partial charge is 0.305 e. The summed E-state index contributed by atoms with van der Waals surface area (Å²) in [5.74, 6) is -0.657. The summed E-state index contributed by atoms with van der Waals surface area (Å²) in [7, 11) is 0. The second-order valence-corrected chi connectivity index (χ2v) is 6.04. The zero-order valence-corrected chi connectivity index (χ0v) is 14.9. The van der Waals surface area contributed by atoms with Gasteiger partial charge >= 0.3 is 6.18 Å². The first-order valence-corrected chi connectivity index (χ1v) is 8.19. The predicted octanol–water partition coefficient (Wildman–Crippen LogP) is 3.52. The van der Waals surface area contributed by atoms with E-state index >= 15 is 0 Å². The minimum absolute atomic E-state index is 0.159. The molecule has 3 rings (SSSR count). The molecular formula is C19H15F3N4O2. The topological polar surface area (TPSA) is 76.9 Å². The van der Waals surface area contributed by atoms with Crippen LogP contribution in [0, 0.1) is 13.8 Å². The Morgan fingerprint density at radius 1 is 1.07 bits per heavy atom. The number of carbonyl (C=O) groups is 1. The molecule has 0 unspecified atom stereocenters. The monoisotopic (exact) mass is 388 g/mol. The maximum Gasteiger partial charge on any atom is 0.418 e. The van der Waals surface area contributed by atoms with Gasteiger partial charge in [0.2, 0.25) is 5.43 Å². The Bertz CT molecular complexity index is 1110. The third-order valence-electron chi connectivity index (χ3n) is 3.89. The van der Waals surface area contributed by atoms with E-state index in [1.54, 1.807) is 19.1 Å². The Morgan fingerprint density at radius 3 is 2.46 bits per heavy atom. The SMILES string of the molecule is Cc1cccc(NC(=O)c2nn(-c3ccccc3C(F)(F)F)c(C)cc2=O)n1. The molecule has 3 aromatic rings. The quantitative estimate of drug-likeness (QED) is 0.745. The van der Waals surface area contributed by atoms with Crippen molar-refractivity contribution in [1.29, 1.82) is 0 Å². The van der Waals surface area contributed by atoms with Crippen molar-refractivity contribution in [2.24, 2.45) is 0 Å². The largest absolute Gasteiger partial charge is 0.418 e. The van der Waals surface area contributed by atoms with Crippen LogP contribution in [0.1, 0.15) is 27.4 Å². The summed E-state index contributed by atoms with van der Waals surface area (Å²) >= 11 is 0. The van der Waals surface area contributed by atoms with Crippen LogP contribution < -0.4 is 10.7 Å². The average molecular weight is 388 g/mol. The first-order valence-electron chi connectivity index (χ1n) is 8.19. The highest BCUT2D eigenvalue weighted by molar-refractivity contribution is 6.02. The number of carbonyl (C=O) groups excluding carboxylic acids is 1. The van der Waals surface area contributed by atoms with E-state index in [9.17, 15) is 22.8 Å². The fourth-order valence-corrected chi connectivity index (χ4v) is 2.63. The van der Waals surface area contributed by atoms with E-state index in [0.29, 0.717) is 5.69 Å². The van der Waals surface area contributed by atoms with E-state index in [1.165, 1.54) is 31.2 Å². The number of hydrogen-bond donors (Lipinski definition) is 1. The molecule has 2 aromatic heterocycles. The molecule has 0 saturated carbocycles. The highest BCUT2D eigenvalue weighted by Gasteiger charge is 2.34. The molecule has 0 fully saturated rings. The van der Waals surface area contributed by atoms with Crippen molar-refractivity contribution < 1.29 is 18.0 Å². The first-order chi connectivity index (χ1) is 13.2. The normalized spacial score (nSPS) is 11.3. The van der Waals surface area contributed by atoms with Crippen LogP contribution in [0.25, 0.3) is 5.69 Å². The maximum atomic E-state index is 13.3.